The summed E-state index contributed by atoms with van der Waals surface area (Å²) < 4.78 is 13.8. The first kappa shape index (κ1) is 25.0. The van der Waals surface area contributed by atoms with Crippen LogP contribution in [0.4, 0.5) is 0 Å². The lowest BCUT2D eigenvalue weighted by molar-refractivity contribution is 0.0948. The molecule has 0 spiro atoms. The van der Waals surface area contributed by atoms with E-state index in [1.54, 1.807) is 25.4 Å². The summed E-state index contributed by atoms with van der Waals surface area (Å²) in [6.07, 6.45) is 8.02. The predicted octanol–water partition coefficient (Wildman–Crippen LogP) is 5.30. The number of para-hydroxylation sites is 2. The standard InChI is InChI=1S/C29H32N4O3/c1-3-10-22-15-16-26(27(21-22)35-2)36-20-9-19-33-25-13-5-4-11-23(25)32-28(33)14-8-18-31-29(34)24-12-6-7-17-30-24/h3-7,10-13,15-17,21H,8-9,14,18-20H2,1-2H3,(H,31,34)/b10-3+. The van der Waals surface area contributed by atoms with E-state index in [9.17, 15) is 4.79 Å². The van der Waals surface area contributed by atoms with Crippen LogP contribution in [0.1, 0.15) is 41.6 Å². The number of carbonyl (C=O) groups is 1. The largest absolute Gasteiger partial charge is 0.493 e. The summed E-state index contributed by atoms with van der Waals surface area (Å²) in [4.78, 5) is 21.2. The Kier molecular flexibility index (Phi) is 8.70. The summed E-state index contributed by atoms with van der Waals surface area (Å²) in [6, 6.07) is 19.4. The second-order valence-electron chi connectivity index (χ2n) is 8.36. The van der Waals surface area contributed by atoms with Crippen molar-refractivity contribution >= 4 is 23.0 Å². The SMILES string of the molecule is C/C=C/c1ccc(OCCCn2c(CCCNC(=O)c3ccccn3)nc3ccccc32)c(OC)c1. The third-order valence-corrected chi connectivity index (χ3v) is 5.82. The average Bonchev–Trinajstić information content (AvgIpc) is 3.27. The minimum Gasteiger partial charge on any atom is -0.493 e. The van der Waals surface area contributed by atoms with Crippen LogP contribution in [-0.4, -0.2) is 40.7 Å². The monoisotopic (exact) mass is 484 g/mol. The molecule has 1 N–H and O–H groups in total. The molecule has 0 atom stereocenters. The number of hydrogen-bond donors (Lipinski definition) is 1. The Morgan fingerprint density at radius 3 is 2.72 bits per heavy atom. The minimum absolute atomic E-state index is 0.157. The Hall–Kier alpha value is -4.13. The Morgan fingerprint density at radius 1 is 1.06 bits per heavy atom. The van der Waals surface area contributed by atoms with Gasteiger partial charge in [-0.1, -0.05) is 36.4 Å². The fourth-order valence-electron chi connectivity index (χ4n) is 4.11. The van der Waals surface area contributed by atoms with Gasteiger partial charge in [0.05, 0.1) is 24.8 Å². The number of methoxy groups -OCH3 is 1. The maximum Gasteiger partial charge on any atom is 0.269 e. The molecule has 0 saturated heterocycles. The number of imidazole rings is 1. The maximum atomic E-state index is 12.2. The molecule has 7 heteroatoms. The van der Waals surface area contributed by atoms with Gasteiger partial charge in [-0.2, -0.15) is 0 Å². The topological polar surface area (TPSA) is 78.3 Å². The lowest BCUT2D eigenvalue weighted by Crippen LogP contribution is -2.25. The molecule has 4 aromatic rings. The molecule has 2 aromatic carbocycles. The number of aryl methyl sites for hydroxylation is 2. The molecular weight excluding hydrogens is 452 g/mol. The summed E-state index contributed by atoms with van der Waals surface area (Å²) in [7, 11) is 1.66. The number of hydrogen-bond acceptors (Lipinski definition) is 5. The normalized spacial score (nSPS) is 11.2. The zero-order chi connectivity index (χ0) is 25.2. The highest BCUT2D eigenvalue weighted by molar-refractivity contribution is 5.92. The molecule has 0 aliphatic carbocycles. The molecule has 36 heavy (non-hydrogen) atoms. The number of allylic oxidation sites excluding steroid dienone is 1. The number of amides is 1. The van der Waals surface area contributed by atoms with E-state index in [0.29, 0.717) is 18.8 Å². The number of nitrogens with zero attached hydrogens (tertiary/aromatic N) is 3. The second kappa shape index (κ2) is 12.5. The molecule has 0 bridgehead atoms. The number of aromatic nitrogens is 3. The second-order valence-corrected chi connectivity index (χ2v) is 8.36. The van der Waals surface area contributed by atoms with E-state index >= 15 is 0 Å². The van der Waals surface area contributed by atoms with Crippen LogP contribution < -0.4 is 14.8 Å². The zero-order valence-corrected chi connectivity index (χ0v) is 20.8. The average molecular weight is 485 g/mol. The summed E-state index contributed by atoms with van der Waals surface area (Å²) in [5.41, 5.74) is 3.59. The highest BCUT2D eigenvalue weighted by Gasteiger charge is 2.12. The Bertz CT molecular complexity index is 1310. The molecule has 2 aromatic heterocycles. The van der Waals surface area contributed by atoms with Crippen molar-refractivity contribution in [1.82, 2.24) is 19.9 Å². The van der Waals surface area contributed by atoms with E-state index in [0.717, 1.165) is 59.7 Å². The first-order chi connectivity index (χ1) is 17.7. The van der Waals surface area contributed by atoms with E-state index in [2.05, 4.69) is 20.9 Å². The summed E-state index contributed by atoms with van der Waals surface area (Å²) in [5, 5.41) is 2.94. The van der Waals surface area contributed by atoms with Crippen molar-refractivity contribution in [2.45, 2.75) is 32.7 Å². The summed E-state index contributed by atoms with van der Waals surface area (Å²) in [6.45, 7) is 3.90. The number of carbonyl (C=O) groups excluding carboxylic acids is 1. The van der Waals surface area contributed by atoms with Gasteiger partial charge in [0.1, 0.15) is 11.5 Å². The van der Waals surface area contributed by atoms with Crippen molar-refractivity contribution < 1.29 is 14.3 Å². The van der Waals surface area contributed by atoms with Crippen LogP contribution in [0.3, 0.4) is 0 Å². The van der Waals surface area contributed by atoms with Crippen molar-refractivity contribution in [3.05, 3.63) is 90.0 Å². The Morgan fingerprint density at radius 2 is 1.92 bits per heavy atom. The zero-order valence-electron chi connectivity index (χ0n) is 20.8. The summed E-state index contributed by atoms with van der Waals surface area (Å²) >= 11 is 0. The first-order valence-electron chi connectivity index (χ1n) is 12.3. The van der Waals surface area contributed by atoms with Crippen LogP contribution in [0.15, 0.2) is 72.9 Å². The lowest BCUT2D eigenvalue weighted by Gasteiger charge is -2.13. The Labute approximate surface area is 211 Å². The van der Waals surface area contributed by atoms with Gasteiger partial charge in [-0.25, -0.2) is 4.98 Å². The van der Waals surface area contributed by atoms with Crippen LogP contribution in [0.5, 0.6) is 11.5 Å². The molecule has 0 saturated carbocycles. The van der Waals surface area contributed by atoms with Crippen LogP contribution in [0.2, 0.25) is 0 Å². The highest BCUT2D eigenvalue weighted by atomic mass is 16.5. The number of fused-ring (bicyclic) bond motifs is 1. The fraction of sp³-hybridized carbons (Fsp3) is 0.276. The molecule has 0 unspecified atom stereocenters. The lowest BCUT2D eigenvalue weighted by atomic mass is 10.2. The molecule has 4 rings (SSSR count). The van der Waals surface area contributed by atoms with Crippen molar-refractivity contribution in [3.8, 4) is 11.5 Å². The third kappa shape index (κ3) is 6.30. The van der Waals surface area contributed by atoms with Gasteiger partial charge in [0.2, 0.25) is 0 Å². The van der Waals surface area contributed by atoms with Gasteiger partial charge in [0.15, 0.2) is 11.5 Å². The highest BCUT2D eigenvalue weighted by Crippen LogP contribution is 2.29. The Balaban J connectivity index is 1.34. The quantitative estimate of drug-likeness (QED) is 0.276. The molecule has 7 nitrogen and oxygen atoms in total. The molecule has 1 amide bonds. The minimum atomic E-state index is -0.157. The number of rotatable bonds is 12. The van der Waals surface area contributed by atoms with Gasteiger partial charge < -0.3 is 19.4 Å². The van der Waals surface area contributed by atoms with Crippen LogP contribution >= 0.6 is 0 Å². The van der Waals surface area contributed by atoms with Crippen molar-refractivity contribution in [3.63, 3.8) is 0 Å². The van der Waals surface area contributed by atoms with Crippen molar-refractivity contribution in [2.75, 3.05) is 20.3 Å². The smallest absolute Gasteiger partial charge is 0.269 e. The number of pyridine rings is 1. The maximum absolute atomic E-state index is 12.2. The van der Waals surface area contributed by atoms with Crippen molar-refractivity contribution in [1.29, 1.82) is 0 Å². The van der Waals surface area contributed by atoms with Crippen LogP contribution in [-0.2, 0) is 13.0 Å². The number of nitrogens with one attached hydrogen (secondary N) is 1. The first-order valence-corrected chi connectivity index (χ1v) is 12.3. The van der Waals surface area contributed by atoms with Crippen LogP contribution in [0.25, 0.3) is 17.1 Å². The van der Waals surface area contributed by atoms with Gasteiger partial charge in [0, 0.05) is 25.7 Å². The van der Waals surface area contributed by atoms with Crippen molar-refractivity contribution in [2.24, 2.45) is 0 Å². The van der Waals surface area contributed by atoms with E-state index < -0.39 is 0 Å². The fourth-order valence-corrected chi connectivity index (χ4v) is 4.11. The van der Waals surface area contributed by atoms with Gasteiger partial charge in [0.25, 0.3) is 5.91 Å². The van der Waals surface area contributed by atoms with E-state index in [1.165, 1.54) is 0 Å². The molecule has 0 aliphatic heterocycles. The molecule has 186 valence electrons. The molecular formula is C29H32N4O3. The molecule has 0 fully saturated rings. The van der Waals surface area contributed by atoms with E-state index in [1.807, 2.05) is 61.5 Å². The molecule has 0 radical (unpaired) electrons. The summed E-state index contributed by atoms with van der Waals surface area (Å²) in [5.74, 6) is 2.32. The van der Waals surface area contributed by atoms with E-state index in [4.69, 9.17) is 14.5 Å². The number of ether oxygens (including phenoxy) is 2. The van der Waals surface area contributed by atoms with Gasteiger partial charge in [-0.05, 0) is 61.7 Å². The molecule has 0 aliphatic rings. The van der Waals surface area contributed by atoms with Gasteiger partial charge >= 0.3 is 0 Å². The predicted molar refractivity (Wildman–Crippen MR) is 142 cm³/mol. The van der Waals surface area contributed by atoms with E-state index in [-0.39, 0.29) is 5.91 Å². The molecule has 2 heterocycles. The van der Waals surface area contributed by atoms with Gasteiger partial charge in [-0.3, -0.25) is 9.78 Å². The van der Waals surface area contributed by atoms with Crippen LogP contribution in [0, 0.1) is 0 Å². The third-order valence-electron chi connectivity index (χ3n) is 5.82. The number of benzene rings is 2. The van der Waals surface area contributed by atoms with Gasteiger partial charge in [-0.15, -0.1) is 0 Å².